The highest BCUT2D eigenvalue weighted by Crippen LogP contribution is 2.26. The fourth-order valence-corrected chi connectivity index (χ4v) is 2.11. The molecule has 0 aromatic carbocycles. The standard InChI is InChI=1S/C15H23N3O2/c1-3-16-9-12-5-8-14(10-17-12)20-11-15(19)18(4-2)13-6-7-13/h5,8,10,13,16H,3-4,6-7,9,11H2,1-2H3. The third-order valence-corrected chi connectivity index (χ3v) is 3.36. The zero-order valence-electron chi connectivity index (χ0n) is 12.3. The fourth-order valence-electron chi connectivity index (χ4n) is 2.11. The Bertz CT molecular complexity index is 429. The van der Waals surface area contributed by atoms with Gasteiger partial charge in [-0.3, -0.25) is 9.78 Å². The topological polar surface area (TPSA) is 54.5 Å². The van der Waals surface area contributed by atoms with Gasteiger partial charge in [-0.25, -0.2) is 0 Å². The minimum Gasteiger partial charge on any atom is -0.482 e. The molecule has 5 nitrogen and oxygen atoms in total. The molecule has 1 aromatic rings. The smallest absolute Gasteiger partial charge is 0.260 e. The largest absolute Gasteiger partial charge is 0.482 e. The maximum atomic E-state index is 12.0. The summed E-state index contributed by atoms with van der Waals surface area (Å²) in [5.41, 5.74) is 0.971. The monoisotopic (exact) mass is 277 g/mol. The van der Waals surface area contributed by atoms with Crippen LogP contribution in [0.4, 0.5) is 0 Å². The number of aromatic nitrogens is 1. The summed E-state index contributed by atoms with van der Waals surface area (Å²) < 4.78 is 5.51. The zero-order valence-corrected chi connectivity index (χ0v) is 12.3. The van der Waals surface area contributed by atoms with Crippen LogP contribution in [0.2, 0.25) is 0 Å². The van der Waals surface area contributed by atoms with Gasteiger partial charge >= 0.3 is 0 Å². The molecular weight excluding hydrogens is 254 g/mol. The van der Waals surface area contributed by atoms with Gasteiger partial charge < -0.3 is 15.0 Å². The Hall–Kier alpha value is -1.62. The van der Waals surface area contributed by atoms with E-state index < -0.39 is 0 Å². The van der Waals surface area contributed by atoms with Crippen molar-refractivity contribution in [2.75, 3.05) is 19.7 Å². The molecule has 0 bridgehead atoms. The molecule has 2 rings (SSSR count). The van der Waals surface area contributed by atoms with Crippen molar-refractivity contribution in [1.29, 1.82) is 0 Å². The predicted octanol–water partition coefficient (Wildman–Crippen LogP) is 1.58. The molecule has 0 radical (unpaired) electrons. The molecule has 1 aromatic heterocycles. The number of likely N-dealkylation sites (N-methyl/N-ethyl adjacent to an activating group) is 1. The van der Waals surface area contributed by atoms with Crippen LogP contribution in [0.25, 0.3) is 0 Å². The second-order valence-corrected chi connectivity index (χ2v) is 4.97. The Kier molecular flexibility index (Phi) is 5.35. The SMILES string of the molecule is CCNCc1ccc(OCC(=O)N(CC)C2CC2)cn1. The maximum Gasteiger partial charge on any atom is 0.260 e. The molecule has 5 heteroatoms. The van der Waals surface area contributed by atoms with Gasteiger partial charge in [0, 0.05) is 19.1 Å². The second-order valence-electron chi connectivity index (χ2n) is 4.97. The lowest BCUT2D eigenvalue weighted by Crippen LogP contribution is -2.36. The average Bonchev–Trinajstić information content (AvgIpc) is 3.29. The number of nitrogens with one attached hydrogen (secondary N) is 1. The molecule has 0 spiro atoms. The second kappa shape index (κ2) is 7.24. The molecule has 1 fully saturated rings. The lowest BCUT2D eigenvalue weighted by molar-refractivity contribution is -0.133. The summed E-state index contributed by atoms with van der Waals surface area (Å²) in [6.07, 6.45) is 3.92. The molecule has 1 aliphatic carbocycles. The van der Waals surface area contributed by atoms with E-state index in [0.717, 1.165) is 38.2 Å². The van der Waals surface area contributed by atoms with Gasteiger partial charge in [0.2, 0.25) is 0 Å². The first kappa shape index (κ1) is 14.8. The number of carbonyl (C=O) groups excluding carboxylic acids is 1. The third-order valence-electron chi connectivity index (χ3n) is 3.36. The Morgan fingerprint density at radius 3 is 2.80 bits per heavy atom. The summed E-state index contributed by atoms with van der Waals surface area (Å²) in [6, 6.07) is 4.22. The Balaban J connectivity index is 1.79. The van der Waals surface area contributed by atoms with Crippen molar-refractivity contribution >= 4 is 5.91 Å². The summed E-state index contributed by atoms with van der Waals surface area (Å²) in [5.74, 6) is 0.706. The molecule has 0 unspecified atom stereocenters. The summed E-state index contributed by atoms with van der Waals surface area (Å²) in [7, 11) is 0. The van der Waals surface area contributed by atoms with Crippen molar-refractivity contribution in [2.24, 2.45) is 0 Å². The van der Waals surface area contributed by atoms with Crippen LogP contribution >= 0.6 is 0 Å². The zero-order chi connectivity index (χ0) is 14.4. The van der Waals surface area contributed by atoms with E-state index in [9.17, 15) is 4.79 Å². The first-order valence-electron chi connectivity index (χ1n) is 7.32. The van der Waals surface area contributed by atoms with E-state index in [-0.39, 0.29) is 12.5 Å². The van der Waals surface area contributed by atoms with Gasteiger partial charge in [0.05, 0.1) is 11.9 Å². The van der Waals surface area contributed by atoms with Crippen molar-refractivity contribution in [3.05, 3.63) is 24.0 Å². The average molecular weight is 277 g/mol. The lowest BCUT2D eigenvalue weighted by atomic mass is 10.3. The van der Waals surface area contributed by atoms with Crippen LogP contribution in [0.3, 0.4) is 0 Å². The summed E-state index contributed by atoms with van der Waals surface area (Å²) in [4.78, 5) is 18.2. The van der Waals surface area contributed by atoms with E-state index in [0.29, 0.717) is 11.8 Å². The van der Waals surface area contributed by atoms with E-state index in [1.54, 1.807) is 6.20 Å². The van der Waals surface area contributed by atoms with Crippen LogP contribution in [0, 0.1) is 0 Å². The van der Waals surface area contributed by atoms with Gasteiger partial charge in [-0.05, 0) is 38.4 Å². The molecular formula is C15H23N3O2. The van der Waals surface area contributed by atoms with E-state index in [2.05, 4.69) is 17.2 Å². The van der Waals surface area contributed by atoms with Gasteiger partial charge in [-0.15, -0.1) is 0 Å². The fraction of sp³-hybridized carbons (Fsp3) is 0.600. The molecule has 1 amide bonds. The molecule has 110 valence electrons. The number of amides is 1. The van der Waals surface area contributed by atoms with E-state index in [1.165, 1.54) is 0 Å². The van der Waals surface area contributed by atoms with Crippen molar-refractivity contribution in [3.63, 3.8) is 0 Å². The summed E-state index contributed by atoms with van der Waals surface area (Å²) >= 11 is 0. The molecule has 1 aliphatic rings. The van der Waals surface area contributed by atoms with Gasteiger partial charge in [0.1, 0.15) is 5.75 Å². The van der Waals surface area contributed by atoms with Gasteiger partial charge in [0.15, 0.2) is 6.61 Å². The highest BCUT2D eigenvalue weighted by atomic mass is 16.5. The molecule has 1 N–H and O–H groups in total. The Morgan fingerprint density at radius 2 is 2.25 bits per heavy atom. The molecule has 1 heterocycles. The van der Waals surface area contributed by atoms with E-state index in [1.807, 2.05) is 24.0 Å². The molecule has 1 saturated carbocycles. The number of carbonyl (C=O) groups is 1. The van der Waals surface area contributed by atoms with Crippen molar-refractivity contribution in [1.82, 2.24) is 15.2 Å². The van der Waals surface area contributed by atoms with Crippen LogP contribution in [-0.4, -0.2) is 41.5 Å². The number of ether oxygens (including phenoxy) is 1. The van der Waals surface area contributed by atoms with Crippen LogP contribution in [0.15, 0.2) is 18.3 Å². The van der Waals surface area contributed by atoms with Crippen LogP contribution in [0.5, 0.6) is 5.75 Å². The normalized spacial score (nSPS) is 14.1. The third kappa shape index (κ3) is 4.20. The van der Waals surface area contributed by atoms with Gasteiger partial charge in [0.25, 0.3) is 5.91 Å². The minimum absolute atomic E-state index is 0.0618. The summed E-state index contributed by atoms with van der Waals surface area (Å²) in [5, 5.41) is 3.21. The predicted molar refractivity (Wildman–Crippen MR) is 77.5 cm³/mol. The molecule has 20 heavy (non-hydrogen) atoms. The van der Waals surface area contributed by atoms with Crippen molar-refractivity contribution < 1.29 is 9.53 Å². The molecule has 0 saturated heterocycles. The van der Waals surface area contributed by atoms with Crippen LogP contribution < -0.4 is 10.1 Å². The molecule has 0 aliphatic heterocycles. The van der Waals surface area contributed by atoms with Crippen molar-refractivity contribution in [2.45, 2.75) is 39.3 Å². The minimum atomic E-state index is 0.0618. The number of hydrogen-bond acceptors (Lipinski definition) is 4. The van der Waals surface area contributed by atoms with E-state index >= 15 is 0 Å². The van der Waals surface area contributed by atoms with E-state index in [4.69, 9.17) is 4.74 Å². The highest BCUT2D eigenvalue weighted by Gasteiger charge is 2.31. The first-order chi connectivity index (χ1) is 9.74. The molecule has 0 atom stereocenters. The Morgan fingerprint density at radius 1 is 1.45 bits per heavy atom. The number of pyridine rings is 1. The van der Waals surface area contributed by atoms with Crippen LogP contribution in [-0.2, 0) is 11.3 Å². The first-order valence-corrected chi connectivity index (χ1v) is 7.32. The Labute approximate surface area is 120 Å². The quantitative estimate of drug-likeness (QED) is 0.784. The van der Waals surface area contributed by atoms with Gasteiger partial charge in [-0.2, -0.15) is 0 Å². The maximum absolute atomic E-state index is 12.0. The number of nitrogens with zero attached hydrogens (tertiary/aromatic N) is 2. The highest BCUT2D eigenvalue weighted by molar-refractivity contribution is 5.78. The van der Waals surface area contributed by atoms with Gasteiger partial charge in [-0.1, -0.05) is 6.92 Å². The number of rotatable bonds is 8. The lowest BCUT2D eigenvalue weighted by Gasteiger charge is -2.20. The van der Waals surface area contributed by atoms with Crippen molar-refractivity contribution in [3.8, 4) is 5.75 Å². The summed E-state index contributed by atoms with van der Waals surface area (Å²) in [6.45, 7) is 6.59. The number of hydrogen-bond donors (Lipinski definition) is 1. The van der Waals surface area contributed by atoms with Crippen LogP contribution in [0.1, 0.15) is 32.4 Å².